The molecule has 1 rings (SSSR count). The highest BCUT2D eigenvalue weighted by atomic mass is 16.5. The molecule has 1 aromatic rings. The van der Waals surface area contributed by atoms with Gasteiger partial charge in [0.2, 0.25) is 5.91 Å². The second kappa shape index (κ2) is 10.7. The average Bonchev–Trinajstić information content (AvgIpc) is 2.97. The van der Waals surface area contributed by atoms with Gasteiger partial charge >= 0.3 is 0 Å². The Morgan fingerprint density at radius 3 is 2.46 bits per heavy atom. The SMILES string of the molecule is CC(C)CCCCC(=O)NCC(C)OC(C)Cn1cc(C(C)(C)C)nn1. The Labute approximate surface area is 159 Å². The third-order valence-corrected chi connectivity index (χ3v) is 4.24. The summed E-state index contributed by atoms with van der Waals surface area (Å²) in [6.07, 6.45) is 5.80. The van der Waals surface area contributed by atoms with E-state index in [9.17, 15) is 4.79 Å². The van der Waals surface area contributed by atoms with Crippen LogP contribution >= 0.6 is 0 Å². The molecule has 6 nitrogen and oxygen atoms in total. The number of rotatable bonds is 11. The lowest BCUT2D eigenvalue weighted by Gasteiger charge is -2.19. The molecule has 0 fully saturated rings. The Morgan fingerprint density at radius 1 is 1.19 bits per heavy atom. The van der Waals surface area contributed by atoms with Crippen molar-refractivity contribution in [1.29, 1.82) is 0 Å². The molecule has 0 aliphatic rings. The highest BCUT2D eigenvalue weighted by molar-refractivity contribution is 5.75. The van der Waals surface area contributed by atoms with Gasteiger partial charge in [0.25, 0.3) is 0 Å². The number of carbonyl (C=O) groups is 1. The quantitative estimate of drug-likeness (QED) is 0.606. The van der Waals surface area contributed by atoms with Gasteiger partial charge in [-0.2, -0.15) is 0 Å². The topological polar surface area (TPSA) is 69.0 Å². The van der Waals surface area contributed by atoms with Gasteiger partial charge in [-0.05, 0) is 26.2 Å². The van der Waals surface area contributed by atoms with Crippen molar-refractivity contribution in [3.05, 3.63) is 11.9 Å². The third-order valence-electron chi connectivity index (χ3n) is 4.24. The van der Waals surface area contributed by atoms with Crippen LogP contribution in [0.2, 0.25) is 0 Å². The van der Waals surface area contributed by atoms with Gasteiger partial charge in [-0.25, -0.2) is 4.68 Å². The van der Waals surface area contributed by atoms with Crippen LogP contribution in [0.15, 0.2) is 6.20 Å². The van der Waals surface area contributed by atoms with Crippen molar-refractivity contribution in [1.82, 2.24) is 20.3 Å². The zero-order chi connectivity index (χ0) is 19.7. The van der Waals surface area contributed by atoms with Gasteiger partial charge in [-0.1, -0.05) is 52.7 Å². The van der Waals surface area contributed by atoms with Crippen LogP contribution in [0.5, 0.6) is 0 Å². The van der Waals surface area contributed by atoms with Crippen LogP contribution in [0.3, 0.4) is 0 Å². The fraction of sp³-hybridized carbons (Fsp3) is 0.850. The van der Waals surface area contributed by atoms with Crippen molar-refractivity contribution in [2.24, 2.45) is 5.92 Å². The second-order valence-electron chi connectivity index (χ2n) is 8.78. The molecule has 0 radical (unpaired) electrons. The van der Waals surface area contributed by atoms with E-state index < -0.39 is 0 Å². The number of amides is 1. The second-order valence-corrected chi connectivity index (χ2v) is 8.78. The zero-order valence-electron chi connectivity index (χ0n) is 17.7. The zero-order valence-corrected chi connectivity index (χ0v) is 17.7. The molecule has 26 heavy (non-hydrogen) atoms. The number of nitrogens with one attached hydrogen (secondary N) is 1. The van der Waals surface area contributed by atoms with E-state index in [4.69, 9.17) is 4.74 Å². The Balaban J connectivity index is 2.24. The van der Waals surface area contributed by atoms with Crippen LogP contribution < -0.4 is 5.32 Å². The Hall–Kier alpha value is -1.43. The highest BCUT2D eigenvalue weighted by Crippen LogP contribution is 2.18. The van der Waals surface area contributed by atoms with E-state index in [1.54, 1.807) is 0 Å². The first-order valence-corrected chi connectivity index (χ1v) is 9.90. The first-order valence-electron chi connectivity index (χ1n) is 9.90. The minimum Gasteiger partial charge on any atom is -0.372 e. The summed E-state index contributed by atoms with van der Waals surface area (Å²) >= 11 is 0. The van der Waals surface area contributed by atoms with Crippen molar-refractivity contribution >= 4 is 5.91 Å². The largest absolute Gasteiger partial charge is 0.372 e. The average molecular weight is 367 g/mol. The van der Waals surface area contributed by atoms with E-state index >= 15 is 0 Å². The number of aromatic nitrogens is 3. The van der Waals surface area contributed by atoms with E-state index in [2.05, 4.69) is 50.2 Å². The number of hydrogen-bond donors (Lipinski definition) is 1. The van der Waals surface area contributed by atoms with Crippen LogP contribution in [-0.2, 0) is 21.5 Å². The maximum absolute atomic E-state index is 11.9. The van der Waals surface area contributed by atoms with Crippen molar-refractivity contribution in [2.45, 2.75) is 98.3 Å². The van der Waals surface area contributed by atoms with Crippen LogP contribution in [0, 0.1) is 5.92 Å². The fourth-order valence-electron chi connectivity index (χ4n) is 2.67. The van der Waals surface area contributed by atoms with E-state index in [-0.39, 0.29) is 23.5 Å². The van der Waals surface area contributed by atoms with Crippen molar-refractivity contribution in [3.63, 3.8) is 0 Å². The molecule has 0 aromatic carbocycles. The monoisotopic (exact) mass is 366 g/mol. The maximum Gasteiger partial charge on any atom is 0.220 e. The third kappa shape index (κ3) is 9.32. The summed E-state index contributed by atoms with van der Waals surface area (Å²) in [6.45, 7) is 16.0. The Bertz CT molecular complexity index is 534. The van der Waals surface area contributed by atoms with Crippen molar-refractivity contribution in [3.8, 4) is 0 Å². The summed E-state index contributed by atoms with van der Waals surface area (Å²) in [6, 6.07) is 0. The molecule has 2 atom stereocenters. The number of hydrogen-bond acceptors (Lipinski definition) is 4. The van der Waals surface area contributed by atoms with Gasteiger partial charge in [-0.15, -0.1) is 5.10 Å². The molecule has 1 N–H and O–H groups in total. The number of ether oxygens (including phenoxy) is 1. The summed E-state index contributed by atoms with van der Waals surface area (Å²) in [5.74, 6) is 0.820. The first kappa shape index (κ1) is 22.6. The van der Waals surface area contributed by atoms with Crippen LogP contribution in [-0.4, -0.2) is 39.7 Å². The lowest BCUT2D eigenvalue weighted by molar-refractivity contribution is -0.122. The minimum atomic E-state index is -0.0322. The normalized spacial score (nSPS) is 14.5. The lowest BCUT2D eigenvalue weighted by Crippen LogP contribution is -2.34. The van der Waals surface area contributed by atoms with Crippen molar-refractivity contribution in [2.75, 3.05) is 6.54 Å². The minimum absolute atomic E-state index is 0.00228. The molecule has 2 unspecified atom stereocenters. The van der Waals surface area contributed by atoms with Gasteiger partial charge in [0.15, 0.2) is 0 Å². The van der Waals surface area contributed by atoms with Gasteiger partial charge in [0, 0.05) is 24.6 Å². The van der Waals surface area contributed by atoms with Crippen LogP contribution in [0.4, 0.5) is 0 Å². The lowest BCUT2D eigenvalue weighted by atomic mass is 9.93. The number of nitrogens with zero attached hydrogens (tertiary/aromatic N) is 3. The predicted octanol–water partition coefficient (Wildman–Crippen LogP) is 3.70. The molecule has 0 saturated carbocycles. The Kier molecular flexibility index (Phi) is 9.27. The smallest absolute Gasteiger partial charge is 0.220 e. The molecule has 1 heterocycles. The summed E-state index contributed by atoms with van der Waals surface area (Å²) < 4.78 is 7.78. The Morgan fingerprint density at radius 2 is 1.88 bits per heavy atom. The molecular weight excluding hydrogens is 328 g/mol. The van der Waals surface area contributed by atoms with Gasteiger partial charge in [-0.3, -0.25) is 4.79 Å². The van der Waals surface area contributed by atoms with Crippen LogP contribution in [0.1, 0.15) is 79.8 Å². The van der Waals surface area contributed by atoms with Gasteiger partial charge < -0.3 is 10.1 Å². The highest BCUT2D eigenvalue weighted by Gasteiger charge is 2.19. The standard InChI is InChI=1S/C20H38N4O2/c1-15(2)10-8-9-11-19(25)21-12-16(3)26-17(4)13-24-14-18(22-23-24)20(5,6)7/h14-17H,8-13H2,1-7H3,(H,21,25). The van der Waals surface area contributed by atoms with E-state index in [0.29, 0.717) is 25.4 Å². The predicted molar refractivity (Wildman–Crippen MR) is 105 cm³/mol. The number of carbonyl (C=O) groups excluding carboxylic acids is 1. The molecule has 1 aromatic heterocycles. The summed E-state index contributed by atoms with van der Waals surface area (Å²) in [5.41, 5.74) is 0.970. The summed E-state index contributed by atoms with van der Waals surface area (Å²) in [7, 11) is 0. The molecule has 150 valence electrons. The van der Waals surface area contributed by atoms with Crippen LogP contribution in [0.25, 0.3) is 0 Å². The molecule has 0 saturated heterocycles. The number of unbranched alkanes of at least 4 members (excludes halogenated alkanes) is 1. The van der Waals surface area contributed by atoms with E-state index in [1.807, 2.05) is 24.7 Å². The van der Waals surface area contributed by atoms with Gasteiger partial charge in [0.05, 0.1) is 24.4 Å². The molecule has 0 aliphatic heterocycles. The molecule has 6 heteroatoms. The summed E-state index contributed by atoms with van der Waals surface area (Å²) in [4.78, 5) is 11.9. The molecule has 1 amide bonds. The van der Waals surface area contributed by atoms with Crippen molar-refractivity contribution < 1.29 is 9.53 Å². The maximum atomic E-state index is 11.9. The first-order chi connectivity index (χ1) is 12.1. The molecular formula is C20H38N4O2. The van der Waals surface area contributed by atoms with E-state index in [0.717, 1.165) is 18.5 Å². The van der Waals surface area contributed by atoms with Gasteiger partial charge in [0.1, 0.15) is 0 Å². The summed E-state index contributed by atoms with van der Waals surface area (Å²) in [5, 5.41) is 11.4. The van der Waals surface area contributed by atoms with E-state index in [1.165, 1.54) is 6.42 Å². The molecule has 0 spiro atoms. The molecule has 0 bridgehead atoms. The molecule has 0 aliphatic carbocycles. The fourth-order valence-corrected chi connectivity index (χ4v) is 2.67.